The maximum absolute atomic E-state index is 3.74. The highest BCUT2D eigenvalue weighted by atomic mass is 14.2. The summed E-state index contributed by atoms with van der Waals surface area (Å²) in [6, 6.07) is 0. The molecule has 0 aliphatic rings. The maximum atomic E-state index is 3.74. The van der Waals surface area contributed by atoms with Crippen LogP contribution in [-0.2, 0) is 0 Å². The lowest BCUT2D eigenvalue weighted by atomic mass is 9.84. The molecular formula is C31H56. The lowest BCUT2D eigenvalue weighted by Crippen LogP contribution is -2.12. The Labute approximate surface area is 198 Å². The SMILES string of the molecule is CCCCCC#CC(CCCCCCC)C(C#CCCCCCC)CCCCCCC. The van der Waals surface area contributed by atoms with Gasteiger partial charge < -0.3 is 0 Å². The van der Waals surface area contributed by atoms with E-state index >= 15 is 0 Å². The first-order valence-corrected chi connectivity index (χ1v) is 14.3. The predicted molar refractivity (Wildman–Crippen MR) is 142 cm³/mol. The van der Waals surface area contributed by atoms with E-state index in [0.29, 0.717) is 11.8 Å². The van der Waals surface area contributed by atoms with Gasteiger partial charge in [0, 0.05) is 24.7 Å². The molecule has 2 atom stereocenters. The predicted octanol–water partition coefficient (Wildman–Crippen LogP) is 10.5. The third-order valence-corrected chi connectivity index (χ3v) is 6.36. The average Bonchev–Trinajstić information content (AvgIpc) is 2.78. The fraction of sp³-hybridized carbons (Fsp3) is 0.871. The molecule has 0 fully saturated rings. The van der Waals surface area contributed by atoms with Crippen molar-refractivity contribution in [2.75, 3.05) is 0 Å². The van der Waals surface area contributed by atoms with Crippen molar-refractivity contribution in [2.45, 2.75) is 163 Å². The molecule has 0 saturated heterocycles. The van der Waals surface area contributed by atoms with Crippen LogP contribution in [0.25, 0.3) is 0 Å². The minimum absolute atomic E-state index is 0.498. The monoisotopic (exact) mass is 428 g/mol. The van der Waals surface area contributed by atoms with Crippen molar-refractivity contribution in [3.8, 4) is 23.7 Å². The second-order valence-electron chi connectivity index (χ2n) is 9.53. The molecule has 0 aromatic carbocycles. The molecule has 0 N–H and O–H groups in total. The molecule has 31 heavy (non-hydrogen) atoms. The first kappa shape index (κ1) is 30.1. The smallest absolute Gasteiger partial charge is 0.0340 e. The Morgan fingerprint density at radius 1 is 0.387 bits per heavy atom. The van der Waals surface area contributed by atoms with Gasteiger partial charge in [0.1, 0.15) is 0 Å². The fourth-order valence-electron chi connectivity index (χ4n) is 4.19. The molecular weight excluding hydrogens is 372 g/mol. The van der Waals surface area contributed by atoms with Crippen LogP contribution >= 0.6 is 0 Å². The number of hydrogen-bond donors (Lipinski definition) is 0. The molecule has 0 radical (unpaired) electrons. The number of rotatable bonds is 20. The van der Waals surface area contributed by atoms with Gasteiger partial charge in [0.25, 0.3) is 0 Å². The zero-order chi connectivity index (χ0) is 22.8. The molecule has 0 nitrogen and oxygen atoms in total. The highest BCUT2D eigenvalue weighted by Gasteiger charge is 2.17. The van der Waals surface area contributed by atoms with Gasteiger partial charge in [-0.2, -0.15) is 0 Å². The topological polar surface area (TPSA) is 0 Å². The van der Waals surface area contributed by atoms with Crippen LogP contribution in [0, 0.1) is 35.5 Å². The highest BCUT2D eigenvalue weighted by molar-refractivity contribution is 5.14. The van der Waals surface area contributed by atoms with Gasteiger partial charge >= 0.3 is 0 Å². The van der Waals surface area contributed by atoms with Gasteiger partial charge in [-0.15, -0.1) is 11.8 Å². The second kappa shape index (κ2) is 25.4. The van der Waals surface area contributed by atoms with E-state index in [1.54, 1.807) is 0 Å². The van der Waals surface area contributed by atoms with Crippen molar-refractivity contribution in [3.63, 3.8) is 0 Å². The van der Waals surface area contributed by atoms with Crippen LogP contribution in [0.15, 0.2) is 0 Å². The third kappa shape index (κ3) is 20.8. The van der Waals surface area contributed by atoms with Crippen LogP contribution in [0.4, 0.5) is 0 Å². The molecule has 0 aromatic heterocycles. The number of unbranched alkanes of at least 4 members (excludes halogenated alkanes) is 15. The first-order valence-electron chi connectivity index (χ1n) is 14.3. The van der Waals surface area contributed by atoms with Crippen LogP contribution in [0.1, 0.15) is 163 Å². The molecule has 0 spiro atoms. The van der Waals surface area contributed by atoms with Crippen LogP contribution in [0.3, 0.4) is 0 Å². The van der Waals surface area contributed by atoms with Crippen molar-refractivity contribution in [2.24, 2.45) is 11.8 Å². The lowest BCUT2D eigenvalue weighted by Gasteiger charge is -2.19. The van der Waals surface area contributed by atoms with Crippen molar-refractivity contribution < 1.29 is 0 Å². The van der Waals surface area contributed by atoms with Crippen molar-refractivity contribution in [1.29, 1.82) is 0 Å². The summed E-state index contributed by atoms with van der Waals surface area (Å²) in [6.07, 6.45) is 27.4. The van der Waals surface area contributed by atoms with Gasteiger partial charge in [0.15, 0.2) is 0 Å². The molecule has 0 rings (SSSR count). The molecule has 2 unspecified atom stereocenters. The van der Waals surface area contributed by atoms with Crippen LogP contribution < -0.4 is 0 Å². The molecule has 0 heteroatoms. The Hall–Kier alpha value is -0.880. The summed E-state index contributed by atoms with van der Waals surface area (Å²) in [5.74, 6) is 15.6. The molecule has 0 amide bonds. The molecule has 0 saturated carbocycles. The van der Waals surface area contributed by atoms with E-state index < -0.39 is 0 Å². The summed E-state index contributed by atoms with van der Waals surface area (Å²) in [5.41, 5.74) is 0. The van der Waals surface area contributed by atoms with Crippen LogP contribution in [-0.4, -0.2) is 0 Å². The van der Waals surface area contributed by atoms with Crippen molar-refractivity contribution >= 4 is 0 Å². The lowest BCUT2D eigenvalue weighted by molar-refractivity contribution is 0.407. The average molecular weight is 429 g/mol. The van der Waals surface area contributed by atoms with E-state index in [1.807, 2.05) is 0 Å². The summed E-state index contributed by atoms with van der Waals surface area (Å²) >= 11 is 0. The Bertz CT molecular complexity index is 466. The van der Waals surface area contributed by atoms with Gasteiger partial charge in [0.2, 0.25) is 0 Å². The third-order valence-electron chi connectivity index (χ3n) is 6.36. The summed E-state index contributed by atoms with van der Waals surface area (Å²) in [4.78, 5) is 0. The standard InChI is InChI=1S/C31H56/c1-5-9-13-17-21-25-29-31(28-24-20-16-12-8-4)30(26-22-18-14-10-6-2)27-23-19-15-11-7-3/h30-31H,5-22,24,26,28H2,1-4H3. The minimum atomic E-state index is 0.498. The Morgan fingerprint density at radius 3 is 1.13 bits per heavy atom. The Kier molecular flexibility index (Phi) is 24.7. The fourth-order valence-corrected chi connectivity index (χ4v) is 4.19. The maximum Gasteiger partial charge on any atom is 0.0340 e. The zero-order valence-electron chi connectivity index (χ0n) is 22.0. The van der Waals surface area contributed by atoms with E-state index in [4.69, 9.17) is 0 Å². The molecule has 0 aliphatic carbocycles. The summed E-state index contributed by atoms with van der Waals surface area (Å²) in [6.45, 7) is 9.16. The van der Waals surface area contributed by atoms with Gasteiger partial charge in [-0.1, -0.05) is 136 Å². The molecule has 0 bridgehead atoms. The molecule has 0 aromatic rings. The zero-order valence-corrected chi connectivity index (χ0v) is 22.0. The van der Waals surface area contributed by atoms with Gasteiger partial charge in [-0.25, -0.2) is 0 Å². The van der Waals surface area contributed by atoms with E-state index in [-0.39, 0.29) is 0 Å². The second-order valence-corrected chi connectivity index (χ2v) is 9.53. The largest absolute Gasteiger partial charge is 0.103 e. The normalized spacial score (nSPS) is 12.5. The van der Waals surface area contributed by atoms with Crippen LogP contribution in [0.5, 0.6) is 0 Å². The van der Waals surface area contributed by atoms with Crippen molar-refractivity contribution in [3.05, 3.63) is 0 Å². The van der Waals surface area contributed by atoms with E-state index in [1.165, 1.54) is 122 Å². The Morgan fingerprint density at radius 2 is 0.710 bits per heavy atom. The molecule has 180 valence electrons. The van der Waals surface area contributed by atoms with E-state index in [0.717, 1.165) is 12.8 Å². The quantitative estimate of drug-likeness (QED) is 0.134. The van der Waals surface area contributed by atoms with Crippen LogP contribution in [0.2, 0.25) is 0 Å². The minimum Gasteiger partial charge on any atom is -0.103 e. The van der Waals surface area contributed by atoms with Gasteiger partial charge in [0.05, 0.1) is 0 Å². The van der Waals surface area contributed by atoms with Crippen molar-refractivity contribution in [1.82, 2.24) is 0 Å². The van der Waals surface area contributed by atoms with Gasteiger partial charge in [-0.05, 0) is 25.7 Å². The highest BCUT2D eigenvalue weighted by Crippen LogP contribution is 2.25. The summed E-state index contributed by atoms with van der Waals surface area (Å²) in [5, 5.41) is 0. The van der Waals surface area contributed by atoms with E-state index in [9.17, 15) is 0 Å². The molecule has 0 aliphatic heterocycles. The van der Waals surface area contributed by atoms with Gasteiger partial charge in [-0.3, -0.25) is 0 Å². The summed E-state index contributed by atoms with van der Waals surface area (Å²) < 4.78 is 0. The van der Waals surface area contributed by atoms with E-state index in [2.05, 4.69) is 51.4 Å². The summed E-state index contributed by atoms with van der Waals surface area (Å²) in [7, 11) is 0. The molecule has 0 heterocycles. The number of hydrogen-bond acceptors (Lipinski definition) is 0. The Balaban J connectivity index is 4.94. The first-order chi connectivity index (χ1) is 15.3.